The Kier molecular flexibility index (Phi) is 12.8. The first kappa shape index (κ1) is 32.7. The summed E-state index contributed by atoms with van der Waals surface area (Å²) in [5.74, 6) is -1.31. The molecule has 0 bridgehead atoms. The van der Waals surface area contributed by atoms with Crippen LogP contribution in [0.25, 0.3) is 0 Å². The number of rotatable bonds is 15. The van der Waals surface area contributed by atoms with E-state index in [2.05, 4.69) is 0 Å². The Hall–Kier alpha value is -2.81. The average Bonchev–Trinajstić information content (AvgIpc) is 3.32. The largest absolute Gasteiger partial charge is 0.472 e. The minimum Gasteiger partial charge on any atom is -0.460 e. The normalized spacial score (nSPS) is 19.9. The molecule has 0 amide bonds. The van der Waals surface area contributed by atoms with Crippen molar-refractivity contribution in [2.75, 3.05) is 19.0 Å². The van der Waals surface area contributed by atoms with E-state index in [9.17, 15) is 33.0 Å². The number of H-pyrrole nitrogens is 1. The molecule has 3 rings (SSSR count). The molecule has 2 N–H and O–H groups in total. The zero-order chi connectivity index (χ0) is 29.8. The van der Waals surface area contributed by atoms with E-state index in [0.717, 1.165) is 41.7 Å². The first-order valence-corrected chi connectivity index (χ1v) is 15.3. The van der Waals surface area contributed by atoms with Crippen LogP contribution >= 0.6 is 19.6 Å². The Balaban J connectivity index is 1.33. The van der Waals surface area contributed by atoms with E-state index in [1.54, 1.807) is 4.98 Å². The fourth-order valence-corrected chi connectivity index (χ4v) is 5.32. The summed E-state index contributed by atoms with van der Waals surface area (Å²) in [5, 5.41) is -0.345. The Labute approximate surface area is 238 Å². The van der Waals surface area contributed by atoms with Crippen LogP contribution in [0.1, 0.15) is 50.8 Å². The number of thioether (sulfide) groups is 1. The molecule has 0 saturated carbocycles. The number of phosphoric acid groups is 1. The van der Waals surface area contributed by atoms with Crippen LogP contribution in [-0.4, -0.2) is 56.9 Å². The average molecular weight is 619 g/mol. The number of aromatic amines is 1. The number of carbonyl (C=O) groups is 2. The van der Waals surface area contributed by atoms with Crippen LogP contribution in [0.2, 0.25) is 0 Å². The topological polar surface area (TPSA) is 172 Å². The van der Waals surface area contributed by atoms with Gasteiger partial charge < -0.3 is 19.1 Å². The van der Waals surface area contributed by atoms with Gasteiger partial charge in [0.05, 0.1) is 19.4 Å². The molecule has 2 heterocycles. The molecule has 13 nitrogen and oxygen atoms in total. The number of carbonyl (C=O) groups excluding carboxylic acids is 2. The van der Waals surface area contributed by atoms with Gasteiger partial charge in [0.2, 0.25) is 5.82 Å². The van der Waals surface area contributed by atoms with E-state index in [-0.39, 0.29) is 24.9 Å². The van der Waals surface area contributed by atoms with Crippen LogP contribution in [0.5, 0.6) is 0 Å². The summed E-state index contributed by atoms with van der Waals surface area (Å²) in [5.41, 5.74) is -1.23. The summed E-state index contributed by atoms with van der Waals surface area (Å²) in [6.45, 7) is 0.780. The van der Waals surface area contributed by atoms with Gasteiger partial charge in [-0.15, -0.1) is 0 Å². The van der Waals surface area contributed by atoms with Crippen LogP contribution < -0.4 is 11.2 Å². The Morgan fingerprint density at radius 1 is 1.17 bits per heavy atom. The second kappa shape index (κ2) is 16.0. The highest BCUT2D eigenvalue weighted by atomic mass is 32.2. The van der Waals surface area contributed by atoms with Crippen LogP contribution in [0.4, 0.5) is 9.18 Å². The monoisotopic (exact) mass is 618 g/mol. The number of aromatic nitrogens is 2. The van der Waals surface area contributed by atoms with Gasteiger partial charge in [-0.3, -0.25) is 28.2 Å². The molecule has 16 heteroatoms. The van der Waals surface area contributed by atoms with Crippen molar-refractivity contribution in [3.8, 4) is 0 Å². The van der Waals surface area contributed by atoms with Crippen molar-refractivity contribution in [1.29, 1.82) is 0 Å². The molecule has 0 aliphatic carbocycles. The molecule has 4 atom stereocenters. The van der Waals surface area contributed by atoms with Gasteiger partial charge >= 0.3 is 24.8 Å². The fourth-order valence-electron chi connectivity index (χ4n) is 3.89. The van der Waals surface area contributed by atoms with E-state index in [4.69, 9.17) is 23.3 Å². The standard InChI is InChI=1S/C25H32FN2O11PS/c1-17(29)38-20-13-22(28-14-19(26)23(30)27-24(28)31)39-21(20)16-37-40(33,34)36-11-7-2-3-8-12-41-25(32)35-15-18-9-5-4-6-10-18/h4-6,9-10,14,20-22H,2-3,7-8,11-13,15-16H2,1H3,(H,33,34)(H,27,30,31)/t20?,21-,22-/m1/s1. The van der Waals surface area contributed by atoms with Gasteiger partial charge in [0, 0.05) is 19.1 Å². The van der Waals surface area contributed by atoms with Gasteiger partial charge in [0.1, 0.15) is 25.0 Å². The van der Waals surface area contributed by atoms with Crippen LogP contribution in [-0.2, 0) is 39.2 Å². The number of halogens is 1. The van der Waals surface area contributed by atoms with Crippen molar-refractivity contribution in [1.82, 2.24) is 9.55 Å². The number of nitrogens with one attached hydrogen (secondary N) is 1. The third-order valence-corrected chi connectivity index (χ3v) is 7.68. The molecule has 0 spiro atoms. The first-order valence-electron chi connectivity index (χ1n) is 12.8. The highest BCUT2D eigenvalue weighted by Crippen LogP contribution is 2.44. The summed E-state index contributed by atoms with van der Waals surface area (Å²) < 4.78 is 52.8. The number of esters is 1. The molecule has 226 valence electrons. The van der Waals surface area contributed by atoms with Crippen LogP contribution in [0, 0.1) is 5.82 Å². The molecule has 41 heavy (non-hydrogen) atoms. The maximum atomic E-state index is 13.7. The Bertz CT molecular complexity index is 1320. The Morgan fingerprint density at radius 2 is 1.90 bits per heavy atom. The van der Waals surface area contributed by atoms with Crippen molar-refractivity contribution < 1.29 is 46.7 Å². The number of hydrogen-bond donors (Lipinski definition) is 2. The highest BCUT2D eigenvalue weighted by molar-refractivity contribution is 8.13. The zero-order valence-corrected chi connectivity index (χ0v) is 24.0. The molecule has 1 saturated heterocycles. The van der Waals surface area contributed by atoms with E-state index >= 15 is 0 Å². The third-order valence-electron chi connectivity index (χ3n) is 5.85. The summed E-state index contributed by atoms with van der Waals surface area (Å²) >= 11 is 1.09. The lowest BCUT2D eigenvalue weighted by Crippen LogP contribution is -2.34. The molecular formula is C25H32FN2O11PS. The first-order chi connectivity index (χ1) is 19.5. The minimum atomic E-state index is -4.49. The maximum absolute atomic E-state index is 13.7. The van der Waals surface area contributed by atoms with E-state index < -0.39 is 55.9 Å². The number of hydrogen-bond acceptors (Lipinski definition) is 11. The fraction of sp³-hybridized carbons (Fsp3) is 0.520. The lowest BCUT2D eigenvalue weighted by atomic mass is 10.2. The van der Waals surface area contributed by atoms with Crippen LogP contribution in [0.3, 0.4) is 0 Å². The molecule has 0 radical (unpaired) electrons. The van der Waals surface area contributed by atoms with Crippen molar-refractivity contribution in [2.45, 2.75) is 64.1 Å². The summed E-state index contributed by atoms with van der Waals surface area (Å²) in [6.07, 6.45) is 0.0505. The second-order valence-corrected chi connectivity index (χ2v) is 11.5. The second-order valence-electron chi connectivity index (χ2n) is 9.04. The summed E-state index contributed by atoms with van der Waals surface area (Å²) in [7, 11) is -4.49. The van der Waals surface area contributed by atoms with E-state index in [1.807, 2.05) is 30.3 Å². The zero-order valence-electron chi connectivity index (χ0n) is 22.3. The molecule has 1 aromatic carbocycles. The quantitative estimate of drug-likeness (QED) is 0.169. The van der Waals surface area contributed by atoms with Crippen molar-refractivity contribution in [2.24, 2.45) is 0 Å². The molecule has 1 aromatic heterocycles. The van der Waals surface area contributed by atoms with Crippen LogP contribution in [0.15, 0.2) is 46.1 Å². The predicted octanol–water partition coefficient (Wildman–Crippen LogP) is 3.66. The van der Waals surface area contributed by atoms with Gasteiger partial charge in [-0.2, -0.15) is 4.39 Å². The lowest BCUT2D eigenvalue weighted by Gasteiger charge is -2.20. The molecular weight excluding hydrogens is 586 g/mol. The van der Waals surface area contributed by atoms with Crippen molar-refractivity contribution in [3.05, 3.63) is 68.7 Å². The number of unbranched alkanes of at least 4 members (excludes halogenated alkanes) is 3. The van der Waals surface area contributed by atoms with E-state index in [0.29, 0.717) is 24.8 Å². The SMILES string of the molecule is CC(=O)OC1C[C@H](n2cc(F)c(=O)[nH]c2=O)O[C@@H]1COP(=O)(O)OCCCCCCSC(=O)OCc1ccccc1. The minimum absolute atomic E-state index is 0.0619. The number of nitrogens with zero attached hydrogens (tertiary/aromatic N) is 1. The maximum Gasteiger partial charge on any atom is 0.472 e. The summed E-state index contributed by atoms with van der Waals surface area (Å²) in [4.78, 5) is 58.5. The number of phosphoric ester groups is 1. The van der Waals surface area contributed by atoms with E-state index in [1.165, 1.54) is 0 Å². The van der Waals surface area contributed by atoms with Gasteiger partial charge in [0.25, 0.3) is 5.56 Å². The number of ether oxygens (including phenoxy) is 3. The molecule has 1 aliphatic heterocycles. The van der Waals surface area contributed by atoms with Gasteiger partial charge in [-0.05, 0) is 30.2 Å². The number of benzene rings is 1. The molecule has 1 aliphatic rings. The summed E-state index contributed by atoms with van der Waals surface area (Å²) in [6, 6.07) is 9.37. The predicted molar refractivity (Wildman–Crippen MR) is 145 cm³/mol. The molecule has 2 unspecified atom stereocenters. The molecule has 2 aromatic rings. The third kappa shape index (κ3) is 11.2. The highest BCUT2D eigenvalue weighted by Gasteiger charge is 2.40. The Morgan fingerprint density at radius 3 is 2.63 bits per heavy atom. The van der Waals surface area contributed by atoms with Crippen molar-refractivity contribution in [3.63, 3.8) is 0 Å². The van der Waals surface area contributed by atoms with Gasteiger partial charge in [0.15, 0.2) is 0 Å². The smallest absolute Gasteiger partial charge is 0.460 e. The van der Waals surface area contributed by atoms with Crippen molar-refractivity contribution >= 4 is 30.9 Å². The van der Waals surface area contributed by atoms with Gasteiger partial charge in [-0.25, -0.2) is 14.2 Å². The molecule has 1 fully saturated rings. The van der Waals surface area contributed by atoms with Gasteiger partial charge in [-0.1, -0.05) is 43.2 Å². The lowest BCUT2D eigenvalue weighted by molar-refractivity contribution is -0.150.